The number of halogens is 1. The Hall–Kier alpha value is -1.56. The van der Waals surface area contributed by atoms with Crippen LogP contribution in [0, 0.1) is 6.92 Å². The molecule has 0 fully saturated rings. The van der Waals surface area contributed by atoms with Crippen LogP contribution in [0.1, 0.15) is 23.6 Å². The van der Waals surface area contributed by atoms with Crippen molar-refractivity contribution in [1.82, 2.24) is 5.32 Å². The molecule has 0 saturated heterocycles. The molecule has 0 aliphatic carbocycles. The minimum atomic E-state index is -0.368. The van der Waals surface area contributed by atoms with Crippen molar-refractivity contribution >= 4 is 15.9 Å². The molecule has 2 rings (SSSR count). The van der Waals surface area contributed by atoms with Crippen molar-refractivity contribution in [3.8, 4) is 11.5 Å². The molecular weight excluding hydrogens is 370 g/mol. The Balaban J connectivity index is 2.07. The highest BCUT2D eigenvalue weighted by molar-refractivity contribution is 9.10. The summed E-state index contributed by atoms with van der Waals surface area (Å²) in [6.07, 6.45) is -0.368. The summed E-state index contributed by atoms with van der Waals surface area (Å²) in [5, 5.41) is 12.5. The Morgan fingerprint density at radius 3 is 2.50 bits per heavy atom. The smallest absolute Gasteiger partial charge is 0.175 e. The first-order valence-corrected chi connectivity index (χ1v) is 8.72. The molecule has 130 valence electrons. The van der Waals surface area contributed by atoms with Gasteiger partial charge in [-0.1, -0.05) is 29.8 Å². The summed E-state index contributed by atoms with van der Waals surface area (Å²) in [6.45, 7) is 5.50. The maximum atomic E-state index is 9.31. The number of benzene rings is 2. The second-order valence-electron chi connectivity index (χ2n) is 5.86. The Labute approximate surface area is 151 Å². The monoisotopic (exact) mass is 393 g/mol. The highest BCUT2D eigenvalue weighted by Crippen LogP contribution is 2.37. The first kappa shape index (κ1) is 18.8. The van der Waals surface area contributed by atoms with Gasteiger partial charge in [-0.3, -0.25) is 0 Å². The second kappa shape index (κ2) is 9.06. The van der Waals surface area contributed by atoms with E-state index in [0.29, 0.717) is 31.2 Å². The van der Waals surface area contributed by atoms with Crippen molar-refractivity contribution in [2.45, 2.75) is 33.1 Å². The molecule has 1 atom stereocenters. The molecule has 0 aromatic heterocycles. The number of hydrogen-bond acceptors (Lipinski definition) is 4. The number of hydrogen-bond donors (Lipinski definition) is 2. The first-order chi connectivity index (χ1) is 11.5. The van der Waals surface area contributed by atoms with Crippen LogP contribution < -0.4 is 14.8 Å². The molecular formula is C19H24BrNO3. The fraction of sp³-hybridized carbons (Fsp3) is 0.368. The molecule has 0 aliphatic heterocycles. The highest BCUT2D eigenvalue weighted by atomic mass is 79.9. The lowest BCUT2D eigenvalue weighted by molar-refractivity contribution is 0.191. The number of nitrogens with one attached hydrogen (secondary N) is 1. The minimum absolute atomic E-state index is 0.368. The van der Waals surface area contributed by atoms with E-state index in [9.17, 15) is 5.11 Å². The van der Waals surface area contributed by atoms with Crippen molar-refractivity contribution in [1.29, 1.82) is 0 Å². The van der Waals surface area contributed by atoms with Crippen LogP contribution in [0.3, 0.4) is 0 Å². The third kappa shape index (κ3) is 5.51. The van der Waals surface area contributed by atoms with Crippen LogP contribution in [0.2, 0.25) is 0 Å². The molecule has 2 aromatic rings. The van der Waals surface area contributed by atoms with Gasteiger partial charge in [0, 0.05) is 13.1 Å². The molecule has 0 aliphatic rings. The van der Waals surface area contributed by atoms with Crippen LogP contribution in [-0.4, -0.2) is 24.9 Å². The fourth-order valence-electron chi connectivity index (χ4n) is 2.28. The molecule has 0 heterocycles. The molecule has 0 radical (unpaired) electrons. The lowest BCUT2D eigenvalue weighted by atomic mass is 10.1. The third-order valence-electron chi connectivity index (χ3n) is 3.56. The lowest BCUT2D eigenvalue weighted by Crippen LogP contribution is -2.23. The maximum absolute atomic E-state index is 9.31. The zero-order valence-electron chi connectivity index (χ0n) is 14.3. The van der Waals surface area contributed by atoms with Gasteiger partial charge in [0.2, 0.25) is 0 Å². The van der Waals surface area contributed by atoms with Gasteiger partial charge in [0.15, 0.2) is 11.5 Å². The van der Waals surface area contributed by atoms with Gasteiger partial charge in [0.1, 0.15) is 6.61 Å². The number of rotatable bonds is 8. The molecule has 5 heteroatoms. The van der Waals surface area contributed by atoms with E-state index in [-0.39, 0.29) is 6.10 Å². The van der Waals surface area contributed by atoms with Crippen molar-refractivity contribution < 1.29 is 14.6 Å². The quantitative estimate of drug-likeness (QED) is 0.715. The molecule has 2 aromatic carbocycles. The molecule has 0 amide bonds. The molecule has 0 saturated carbocycles. The van der Waals surface area contributed by atoms with Gasteiger partial charge >= 0.3 is 0 Å². The SMILES string of the molecule is COc1cc(CNC[C@@H](C)O)cc(Br)c1OCc1ccc(C)cc1. The average Bonchev–Trinajstić information content (AvgIpc) is 2.54. The molecule has 0 unspecified atom stereocenters. The minimum Gasteiger partial charge on any atom is -0.493 e. The summed E-state index contributed by atoms with van der Waals surface area (Å²) < 4.78 is 12.3. The Bertz CT molecular complexity index is 656. The standard InChI is InChI=1S/C19H24BrNO3/c1-13-4-6-15(7-5-13)12-24-19-17(20)8-16(9-18(19)23-3)11-21-10-14(2)22/h4-9,14,21-22H,10-12H2,1-3H3/t14-/m1/s1. The summed E-state index contributed by atoms with van der Waals surface area (Å²) in [5.74, 6) is 1.38. The van der Waals surface area contributed by atoms with Crippen LogP contribution in [0.15, 0.2) is 40.9 Å². The van der Waals surface area contributed by atoms with Gasteiger partial charge in [-0.2, -0.15) is 0 Å². The number of aliphatic hydroxyl groups excluding tert-OH is 1. The number of aliphatic hydroxyl groups is 1. The van der Waals surface area contributed by atoms with E-state index in [2.05, 4.69) is 52.4 Å². The van der Waals surface area contributed by atoms with Crippen LogP contribution in [0.25, 0.3) is 0 Å². The largest absolute Gasteiger partial charge is 0.493 e. The van der Waals surface area contributed by atoms with Crippen molar-refractivity contribution in [2.75, 3.05) is 13.7 Å². The van der Waals surface area contributed by atoms with Gasteiger partial charge in [-0.05, 0) is 53.0 Å². The number of aryl methyl sites for hydroxylation is 1. The van der Waals surface area contributed by atoms with Gasteiger partial charge < -0.3 is 19.9 Å². The summed E-state index contributed by atoms with van der Waals surface area (Å²) in [6, 6.07) is 12.2. The van der Waals surface area contributed by atoms with Gasteiger partial charge in [0.25, 0.3) is 0 Å². The fourth-order valence-corrected chi connectivity index (χ4v) is 2.88. The van der Waals surface area contributed by atoms with Gasteiger partial charge in [0.05, 0.1) is 17.7 Å². The van der Waals surface area contributed by atoms with Crippen LogP contribution in [0.5, 0.6) is 11.5 Å². The van der Waals surface area contributed by atoms with Crippen molar-refractivity contribution in [3.63, 3.8) is 0 Å². The maximum Gasteiger partial charge on any atom is 0.175 e. The molecule has 0 bridgehead atoms. The van der Waals surface area contributed by atoms with E-state index in [0.717, 1.165) is 15.6 Å². The predicted octanol–water partition coefficient (Wildman–Crippen LogP) is 3.82. The molecule has 0 spiro atoms. The summed E-state index contributed by atoms with van der Waals surface area (Å²) in [4.78, 5) is 0. The molecule has 2 N–H and O–H groups in total. The number of ether oxygens (including phenoxy) is 2. The lowest BCUT2D eigenvalue weighted by Gasteiger charge is -2.15. The van der Waals surface area contributed by atoms with Crippen LogP contribution >= 0.6 is 15.9 Å². The normalized spacial score (nSPS) is 12.0. The Morgan fingerprint density at radius 2 is 1.88 bits per heavy atom. The Morgan fingerprint density at radius 1 is 1.17 bits per heavy atom. The first-order valence-electron chi connectivity index (χ1n) is 7.93. The van der Waals surface area contributed by atoms with E-state index >= 15 is 0 Å². The topological polar surface area (TPSA) is 50.7 Å². The van der Waals surface area contributed by atoms with E-state index in [1.807, 2.05) is 12.1 Å². The van der Waals surface area contributed by atoms with Crippen molar-refractivity contribution in [3.05, 3.63) is 57.6 Å². The van der Waals surface area contributed by atoms with Crippen LogP contribution in [0.4, 0.5) is 0 Å². The van der Waals surface area contributed by atoms with E-state index in [1.165, 1.54) is 5.56 Å². The molecule has 4 nitrogen and oxygen atoms in total. The van der Waals surface area contributed by atoms with E-state index in [4.69, 9.17) is 9.47 Å². The zero-order chi connectivity index (χ0) is 17.5. The van der Waals surface area contributed by atoms with Crippen LogP contribution in [-0.2, 0) is 13.2 Å². The third-order valence-corrected chi connectivity index (χ3v) is 4.15. The summed E-state index contributed by atoms with van der Waals surface area (Å²) in [5.41, 5.74) is 3.39. The number of methoxy groups -OCH3 is 1. The molecule has 24 heavy (non-hydrogen) atoms. The summed E-state index contributed by atoms with van der Waals surface area (Å²) in [7, 11) is 1.63. The van der Waals surface area contributed by atoms with Gasteiger partial charge in [-0.25, -0.2) is 0 Å². The highest BCUT2D eigenvalue weighted by Gasteiger charge is 2.12. The predicted molar refractivity (Wildman–Crippen MR) is 99.6 cm³/mol. The van der Waals surface area contributed by atoms with E-state index < -0.39 is 0 Å². The Kier molecular flexibility index (Phi) is 7.09. The summed E-state index contributed by atoms with van der Waals surface area (Å²) >= 11 is 3.56. The van der Waals surface area contributed by atoms with E-state index in [1.54, 1.807) is 14.0 Å². The average molecular weight is 394 g/mol. The zero-order valence-corrected chi connectivity index (χ0v) is 15.9. The second-order valence-corrected chi connectivity index (χ2v) is 6.72. The van der Waals surface area contributed by atoms with Gasteiger partial charge in [-0.15, -0.1) is 0 Å². The van der Waals surface area contributed by atoms with Crippen molar-refractivity contribution in [2.24, 2.45) is 0 Å².